The number of nitrogens with one attached hydrogen (secondary N) is 1. The van der Waals surface area contributed by atoms with Crippen LogP contribution in [0.5, 0.6) is 0 Å². The van der Waals surface area contributed by atoms with E-state index in [9.17, 15) is 9.59 Å². The minimum Gasteiger partial charge on any atom is -0.340 e. The molecule has 2 aliphatic rings. The maximum atomic E-state index is 12.7. The lowest BCUT2D eigenvalue weighted by atomic mass is 10.1. The number of nitrogens with zero attached hydrogens (tertiary/aromatic N) is 2. The maximum Gasteiger partial charge on any atom is 0.317 e. The van der Waals surface area contributed by atoms with Crippen molar-refractivity contribution in [3.05, 3.63) is 21.4 Å². The summed E-state index contributed by atoms with van der Waals surface area (Å²) < 4.78 is 0. The molecule has 6 heteroatoms. The summed E-state index contributed by atoms with van der Waals surface area (Å²) in [5, 5.41) is 3.15. The summed E-state index contributed by atoms with van der Waals surface area (Å²) >= 11 is 1.78. The van der Waals surface area contributed by atoms with E-state index in [0.29, 0.717) is 18.4 Å². The van der Waals surface area contributed by atoms with E-state index in [1.54, 1.807) is 11.3 Å². The van der Waals surface area contributed by atoms with Gasteiger partial charge in [0.15, 0.2) is 0 Å². The van der Waals surface area contributed by atoms with Gasteiger partial charge in [0, 0.05) is 41.9 Å². The Labute approximate surface area is 154 Å². The molecule has 0 saturated carbocycles. The fraction of sp³-hybridized carbons (Fsp3) is 0.684. The van der Waals surface area contributed by atoms with Crippen LogP contribution in [0.15, 0.2) is 6.07 Å². The Kier molecular flexibility index (Phi) is 5.67. The highest BCUT2D eigenvalue weighted by atomic mass is 32.1. The summed E-state index contributed by atoms with van der Waals surface area (Å²) in [6.07, 6.45) is 4.54. The normalized spacial score (nSPS) is 22.8. The van der Waals surface area contributed by atoms with Crippen LogP contribution in [0.4, 0.5) is 4.79 Å². The number of carbonyl (C=O) groups excluding carboxylic acids is 2. The van der Waals surface area contributed by atoms with E-state index >= 15 is 0 Å². The van der Waals surface area contributed by atoms with Crippen LogP contribution in [0.3, 0.4) is 0 Å². The number of hydrogen-bond acceptors (Lipinski definition) is 3. The smallest absolute Gasteiger partial charge is 0.317 e. The fourth-order valence-corrected chi connectivity index (χ4v) is 5.11. The summed E-state index contributed by atoms with van der Waals surface area (Å²) in [6.45, 7) is 8.66. The van der Waals surface area contributed by atoms with Crippen molar-refractivity contribution in [2.24, 2.45) is 0 Å². The third-order valence-electron chi connectivity index (χ3n) is 5.42. The first kappa shape index (κ1) is 18.2. The van der Waals surface area contributed by atoms with E-state index in [4.69, 9.17) is 0 Å². The van der Waals surface area contributed by atoms with Crippen molar-refractivity contribution in [3.63, 3.8) is 0 Å². The first-order valence-corrected chi connectivity index (χ1v) is 10.2. The summed E-state index contributed by atoms with van der Waals surface area (Å²) in [5.74, 6) is 0.292. The number of amides is 3. The molecule has 1 aromatic heterocycles. The molecule has 138 valence electrons. The molecule has 2 atom stereocenters. The van der Waals surface area contributed by atoms with E-state index in [1.165, 1.54) is 15.3 Å². The molecule has 2 unspecified atom stereocenters. The van der Waals surface area contributed by atoms with Gasteiger partial charge in [0.1, 0.15) is 0 Å². The van der Waals surface area contributed by atoms with Crippen molar-refractivity contribution in [1.82, 2.24) is 15.1 Å². The average molecular weight is 364 g/mol. The Morgan fingerprint density at radius 2 is 2.04 bits per heavy atom. The molecule has 2 saturated heterocycles. The molecule has 0 bridgehead atoms. The number of carbonyl (C=O) groups is 2. The third-order valence-corrected chi connectivity index (χ3v) is 6.40. The lowest BCUT2D eigenvalue weighted by molar-refractivity contribution is -0.129. The fourth-order valence-electron chi connectivity index (χ4n) is 4.08. The Balaban J connectivity index is 1.56. The number of hydrogen-bond donors (Lipinski definition) is 1. The van der Waals surface area contributed by atoms with Gasteiger partial charge in [-0.3, -0.25) is 4.79 Å². The van der Waals surface area contributed by atoms with Crippen LogP contribution < -0.4 is 5.32 Å². The second-order valence-electron chi connectivity index (χ2n) is 7.30. The Hall–Kier alpha value is -1.56. The van der Waals surface area contributed by atoms with Crippen molar-refractivity contribution in [2.75, 3.05) is 19.6 Å². The van der Waals surface area contributed by atoms with Crippen molar-refractivity contribution >= 4 is 23.3 Å². The minimum absolute atomic E-state index is 0.0177. The predicted octanol–water partition coefficient (Wildman–Crippen LogP) is 3.61. The Morgan fingerprint density at radius 1 is 1.24 bits per heavy atom. The molecule has 0 radical (unpaired) electrons. The van der Waals surface area contributed by atoms with E-state index in [1.807, 2.05) is 9.80 Å². The van der Waals surface area contributed by atoms with Gasteiger partial charge in [-0.15, -0.1) is 11.3 Å². The van der Waals surface area contributed by atoms with E-state index < -0.39 is 0 Å². The van der Waals surface area contributed by atoms with Gasteiger partial charge in [-0.25, -0.2) is 4.79 Å². The van der Waals surface area contributed by atoms with E-state index in [-0.39, 0.29) is 12.1 Å². The highest BCUT2D eigenvalue weighted by Crippen LogP contribution is 2.27. The highest BCUT2D eigenvalue weighted by molar-refractivity contribution is 7.12. The molecular weight excluding hydrogens is 334 g/mol. The molecule has 25 heavy (non-hydrogen) atoms. The molecule has 3 rings (SSSR count). The number of thiophene rings is 1. The molecule has 5 nitrogen and oxygen atoms in total. The zero-order valence-corrected chi connectivity index (χ0v) is 16.3. The summed E-state index contributed by atoms with van der Waals surface area (Å²) in [7, 11) is 0. The molecule has 2 fully saturated rings. The zero-order valence-electron chi connectivity index (χ0n) is 15.5. The first-order valence-electron chi connectivity index (χ1n) is 9.37. The standard InChI is InChI=1S/C19H29N3O2S/c1-13-12-17(15(3)25-13)14(2)20-19(24)21-9-4-6-16(8-11-21)22-10-5-7-18(22)23/h12,14,16H,4-11H2,1-3H3,(H,20,24). The van der Waals surface area contributed by atoms with E-state index in [0.717, 1.165) is 45.3 Å². The lowest BCUT2D eigenvalue weighted by Gasteiger charge is -2.27. The van der Waals surface area contributed by atoms with Crippen LogP contribution in [-0.2, 0) is 4.79 Å². The van der Waals surface area contributed by atoms with Gasteiger partial charge in [-0.1, -0.05) is 0 Å². The van der Waals surface area contributed by atoms with Gasteiger partial charge < -0.3 is 15.1 Å². The molecule has 0 aromatic carbocycles. The Morgan fingerprint density at radius 3 is 2.68 bits per heavy atom. The van der Waals surface area contributed by atoms with Crippen molar-refractivity contribution in [2.45, 2.75) is 65.0 Å². The van der Waals surface area contributed by atoms with E-state index in [2.05, 4.69) is 32.2 Å². The molecule has 3 amide bonds. The van der Waals surface area contributed by atoms with Gasteiger partial charge in [-0.2, -0.15) is 0 Å². The quantitative estimate of drug-likeness (QED) is 0.892. The number of likely N-dealkylation sites (tertiary alicyclic amines) is 2. The SMILES string of the molecule is Cc1cc(C(C)NC(=O)N2CCCC(N3CCCC3=O)CC2)c(C)s1. The lowest BCUT2D eigenvalue weighted by Crippen LogP contribution is -2.42. The second-order valence-corrected chi connectivity index (χ2v) is 8.76. The van der Waals surface area contributed by atoms with Crippen LogP contribution in [0.1, 0.15) is 60.4 Å². The summed E-state index contributed by atoms with van der Waals surface area (Å²) in [4.78, 5) is 31.2. The van der Waals surface area contributed by atoms with Crippen molar-refractivity contribution in [1.29, 1.82) is 0 Å². The molecular formula is C19H29N3O2S. The molecule has 1 aromatic rings. The number of rotatable bonds is 3. The minimum atomic E-state index is 0.0177. The van der Waals surface area contributed by atoms with Crippen LogP contribution in [0, 0.1) is 13.8 Å². The summed E-state index contributed by atoms with van der Waals surface area (Å²) in [5.41, 5.74) is 1.21. The van der Waals surface area contributed by atoms with Gasteiger partial charge >= 0.3 is 6.03 Å². The third kappa shape index (κ3) is 4.17. The first-order chi connectivity index (χ1) is 12.0. The van der Waals surface area contributed by atoms with Crippen molar-refractivity contribution < 1.29 is 9.59 Å². The number of aryl methyl sites for hydroxylation is 2. The monoisotopic (exact) mass is 363 g/mol. The summed E-state index contributed by atoms with van der Waals surface area (Å²) in [6, 6.07) is 2.52. The van der Waals surface area contributed by atoms with Crippen molar-refractivity contribution in [3.8, 4) is 0 Å². The molecule has 1 N–H and O–H groups in total. The molecule has 0 aliphatic carbocycles. The maximum absolute atomic E-state index is 12.7. The second kappa shape index (κ2) is 7.77. The zero-order chi connectivity index (χ0) is 18.0. The topological polar surface area (TPSA) is 52.7 Å². The van der Waals surface area contributed by atoms with Gasteiger partial charge in [0.05, 0.1) is 6.04 Å². The number of urea groups is 1. The van der Waals surface area contributed by atoms with Crippen LogP contribution in [0.25, 0.3) is 0 Å². The largest absolute Gasteiger partial charge is 0.340 e. The van der Waals surface area contributed by atoms with Crippen LogP contribution in [-0.4, -0.2) is 47.4 Å². The molecule has 2 aliphatic heterocycles. The predicted molar refractivity (Wildman–Crippen MR) is 101 cm³/mol. The highest BCUT2D eigenvalue weighted by Gasteiger charge is 2.30. The Bertz CT molecular complexity index is 643. The van der Waals surface area contributed by atoms with Crippen LogP contribution in [0.2, 0.25) is 0 Å². The molecule has 0 spiro atoms. The van der Waals surface area contributed by atoms with Gasteiger partial charge in [0.25, 0.3) is 0 Å². The molecule has 3 heterocycles. The van der Waals surface area contributed by atoms with Gasteiger partial charge in [0.2, 0.25) is 5.91 Å². The average Bonchev–Trinajstić information content (AvgIpc) is 3.03. The van der Waals surface area contributed by atoms with Crippen LogP contribution >= 0.6 is 11.3 Å². The van der Waals surface area contributed by atoms with Gasteiger partial charge in [-0.05, 0) is 58.1 Å².